The third kappa shape index (κ3) is 2.79. The Bertz CT molecular complexity index is 982. The third-order valence-electron chi connectivity index (χ3n) is 3.53. The molecule has 118 valence electrons. The van der Waals surface area contributed by atoms with Gasteiger partial charge in [0.2, 0.25) is 0 Å². The zero-order valence-corrected chi connectivity index (χ0v) is 12.0. The SMILES string of the molecule is [N-]=[N+]=NCCCCc1cc2oc3cc(O)c(O)cc3c2c(=O)o1. The Kier molecular flexibility index (Phi) is 3.82. The highest BCUT2D eigenvalue weighted by molar-refractivity contribution is 6.05. The number of rotatable bonds is 5. The van der Waals surface area contributed by atoms with Gasteiger partial charge < -0.3 is 19.0 Å². The van der Waals surface area contributed by atoms with Crippen LogP contribution in [0, 0.1) is 0 Å². The summed E-state index contributed by atoms with van der Waals surface area (Å²) in [5.74, 6) is -0.183. The molecule has 0 aliphatic rings. The summed E-state index contributed by atoms with van der Waals surface area (Å²) in [5, 5.41) is 23.1. The summed E-state index contributed by atoms with van der Waals surface area (Å²) in [6.45, 7) is 0.395. The van der Waals surface area contributed by atoms with Gasteiger partial charge in [0.1, 0.15) is 22.3 Å². The molecule has 2 aromatic heterocycles. The van der Waals surface area contributed by atoms with Gasteiger partial charge in [-0.15, -0.1) is 0 Å². The molecule has 0 bridgehead atoms. The van der Waals surface area contributed by atoms with Gasteiger partial charge in [-0.1, -0.05) is 5.11 Å². The van der Waals surface area contributed by atoms with Gasteiger partial charge in [0.05, 0.1) is 0 Å². The molecular weight excluding hydrogens is 302 g/mol. The lowest BCUT2D eigenvalue weighted by molar-refractivity contribution is 0.404. The molecule has 3 aromatic rings. The number of unbranched alkanes of at least 4 members (excludes halogenated alkanes) is 1. The van der Waals surface area contributed by atoms with E-state index in [0.29, 0.717) is 48.1 Å². The number of aromatic hydroxyl groups is 2. The number of phenolic OH excluding ortho intramolecular Hbond substituents is 2. The van der Waals surface area contributed by atoms with Crippen molar-refractivity contribution >= 4 is 21.9 Å². The topological polar surface area (TPSA) is 133 Å². The standard InChI is InChI=1S/C15H13N3O5/c16-18-17-4-2-1-3-8-5-13-14(15(21)22-8)9-6-10(19)11(20)7-12(9)23-13/h5-7,19-20H,1-4H2. The van der Waals surface area contributed by atoms with Crippen molar-refractivity contribution < 1.29 is 19.0 Å². The smallest absolute Gasteiger partial charge is 0.347 e. The molecule has 0 aliphatic carbocycles. The van der Waals surface area contributed by atoms with Crippen LogP contribution in [-0.4, -0.2) is 16.8 Å². The molecule has 0 aliphatic heterocycles. The first-order valence-corrected chi connectivity index (χ1v) is 7.02. The molecule has 23 heavy (non-hydrogen) atoms. The van der Waals surface area contributed by atoms with E-state index in [0.717, 1.165) is 0 Å². The van der Waals surface area contributed by atoms with Crippen LogP contribution in [0.15, 0.2) is 36.9 Å². The van der Waals surface area contributed by atoms with Crippen LogP contribution in [0.3, 0.4) is 0 Å². The van der Waals surface area contributed by atoms with Crippen LogP contribution in [0.5, 0.6) is 11.5 Å². The van der Waals surface area contributed by atoms with Crippen LogP contribution >= 0.6 is 0 Å². The number of aryl methyl sites for hydroxylation is 1. The lowest BCUT2D eigenvalue weighted by Crippen LogP contribution is -2.01. The quantitative estimate of drug-likeness (QED) is 0.244. The van der Waals surface area contributed by atoms with Gasteiger partial charge in [-0.3, -0.25) is 0 Å². The van der Waals surface area contributed by atoms with Crippen molar-refractivity contribution in [2.24, 2.45) is 5.11 Å². The van der Waals surface area contributed by atoms with E-state index in [1.165, 1.54) is 12.1 Å². The zero-order chi connectivity index (χ0) is 16.4. The maximum atomic E-state index is 12.2. The number of hydrogen-bond acceptors (Lipinski definition) is 6. The summed E-state index contributed by atoms with van der Waals surface area (Å²) in [6, 6.07) is 4.15. The lowest BCUT2D eigenvalue weighted by atomic mass is 10.1. The fourth-order valence-corrected chi connectivity index (χ4v) is 2.45. The van der Waals surface area contributed by atoms with Crippen molar-refractivity contribution in [2.75, 3.05) is 6.54 Å². The van der Waals surface area contributed by atoms with Gasteiger partial charge in [-0.05, 0) is 24.4 Å². The summed E-state index contributed by atoms with van der Waals surface area (Å²) in [7, 11) is 0. The minimum Gasteiger partial charge on any atom is -0.504 e. The predicted octanol–water partition coefficient (Wildman–Crippen LogP) is 3.58. The van der Waals surface area contributed by atoms with Crippen LogP contribution < -0.4 is 5.63 Å². The van der Waals surface area contributed by atoms with Gasteiger partial charge in [0.15, 0.2) is 11.5 Å². The molecule has 0 atom stereocenters. The maximum absolute atomic E-state index is 12.2. The molecule has 2 N–H and O–H groups in total. The first kappa shape index (κ1) is 14.8. The third-order valence-corrected chi connectivity index (χ3v) is 3.53. The van der Waals surface area contributed by atoms with Crippen LogP contribution in [0.4, 0.5) is 0 Å². The molecule has 0 unspecified atom stereocenters. The Hall–Kier alpha value is -3.12. The summed E-state index contributed by atoms with van der Waals surface area (Å²) in [4.78, 5) is 14.8. The number of furan rings is 1. The van der Waals surface area contributed by atoms with Crippen molar-refractivity contribution in [3.63, 3.8) is 0 Å². The number of phenols is 2. The molecule has 0 radical (unpaired) electrons. The second-order valence-corrected chi connectivity index (χ2v) is 5.09. The van der Waals surface area contributed by atoms with Gasteiger partial charge in [0, 0.05) is 35.4 Å². The molecule has 0 fully saturated rings. The second-order valence-electron chi connectivity index (χ2n) is 5.09. The van der Waals surface area contributed by atoms with Crippen molar-refractivity contribution in [1.29, 1.82) is 0 Å². The average molecular weight is 315 g/mol. The monoisotopic (exact) mass is 315 g/mol. The summed E-state index contributed by atoms with van der Waals surface area (Å²) in [6.07, 6.45) is 1.91. The number of azide groups is 1. The molecule has 0 spiro atoms. The van der Waals surface area contributed by atoms with Crippen molar-refractivity contribution in [1.82, 2.24) is 0 Å². The first-order valence-electron chi connectivity index (χ1n) is 7.02. The highest BCUT2D eigenvalue weighted by Gasteiger charge is 2.16. The van der Waals surface area contributed by atoms with Crippen molar-refractivity contribution in [3.8, 4) is 11.5 Å². The van der Waals surface area contributed by atoms with Gasteiger partial charge in [0.25, 0.3) is 0 Å². The van der Waals surface area contributed by atoms with E-state index >= 15 is 0 Å². The molecule has 0 amide bonds. The zero-order valence-electron chi connectivity index (χ0n) is 12.0. The fraction of sp³-hybridized carbons (Fsp3) is 0.267. The van der Waals surface area contributed by atoms with Crippen LogP contribution in [0.1, 0.15) is 18.6 Å². The van der Waals surface area contributed by atoms with Gasteiger partial charge >= 0.3 is 5.63 Å². The largest absolute Gasteiger partial charge is 0.504 e. The van der Waals surface area contributed by atoms with E-state index in [4.69, 9.17) is 14.4 Å². The minimum atomic E-state index is -0.559. The Balaban J connectivity index is 1.97. The first-order chi connectivity index (χ1) is 11.1. The van der Waals surface area contributed by atoms with Crippen LogP contribution in [0.2, 0.25) is 0 Å². The number of nitrogens with zero attached hydrogens (tertiary/aromatic N) is 3. The minimum absolute atomic E-state index is 0.230. The maximum Gasteiger partial charge on any atom is 0.347 e. The van der Waals surface area contributed by atoms with E-state index in [-0.39, 0.29) is 16.9 Å². The average Bonchev–Trinajstić information content (AvgIpc) is 2.85. The fourth-order valence-electron chi connectivity index (χ4n) is 2.45. The molecule has 0 saturated heterocycles. The molecule has 0 saturated carbocycles. The van der Waals surface area contributed by atoms with Crippen LogP contribution in [-0.2, 0) is 6.42 Å². The summed E-state index contributed by atoms with van der Waals surface area (Å²) in [5.41, 5.74) is 8.27. The molecule has 3 rings (SSSR count). The number of benzene rings is 1. The Morgan fingerprint density at radius 2 is 1.87 bits per heavy atom. The van der Waals surface area contributed by atoms with E-state index in [1.807, 2.05) is 0 Å². The Morgan fingerprint density at radius 1 is 1.09 bits per heavy atom. The molecule has 8 heteroatoms. The second kappa shape index (κ2) is 5.94. The van der Waals surface area contributed by atoms with Crippen molar-refractivity contribution in [2.45, 2.75) is 19.3 Å². The van der Waals surface area contributed by atoms with Crippen molar-refractivity contribution in [3.05, 3.63) is 44.8 Å². The van der Waals surface area contributed by atoms with E-state index in [1.54, 1.807) is 6.07 Å². The highest BCUT2D eigenvalue weighted by Crippen LogP contribution is 2.35. The van der Waals surface area contributed by atoms with E-state index in [2.05, 4.69) is 10.0 Å². The van der Waals surface area contributed by atoms with Gasteiger partial charge in [-0.2, -0.15) is 0 Å². The van der Waals surface area contributed by atoms with Gasteiger partial charge in [-0.25, -0.2) is 4.79 Å². The molecule has 1 aromatic carbocycles. The highest BCUT2D eigenvalue weighted by atomic mass is 16.4. The summed E-state index contributed by atoms with van der Waals surface area (Å²) >= 11 is 0. The lowest BCUT2D eigenvalue weighted by Gasteiger charge is -1.99. The number of hydrogen-bond donors (Lipinski definition) is 2. The van der Waals surface area contributed by atoms with E-state index in [9.17, 15) is 15.0 Å². The molecular formula is C15H13N3O5. The normalized spacial score (nSPS) is 11.0. The molecule has 8 nitrogen and oxygen atoms in total. The van der Waals surface area contributed by atoms with Crippen LogP contribution in [0.25, 0.3) is 32.4 Å². The Labute approximate surface area is 129 Å². The Morgan fingerprint density at radius 3 is 2.65 bits per heavy atom. The number of fused-ring (bicyclic) bond motifs is 3. The molecule has 2 heterocycles. The van der Waals surface area contributed by atoms with E-state index < -0.39 is 5.63 Å². The summed E-state index contributed by atoms with van der Waals surface area (Å²) < 4.78 is 10.8. The predicted molar refractivity (Wildman–Crippen MR) is 82.5 cm³/mol.